The molecule has 1 fully saturated rings. The van der Waals surface area contributed by atoms with E-state index >= 15 is 0 Å². The number of anilines is 1. The first-order valence-electron chi connectivity index (χ1n) is 11.1. The van der Waals surface area contributed by atoms with Gasteiger partial charge >= 0.3 is 0 Å². The predicted molar refractivity (Wildman–Crippen MR) is 122 cm³/mol. The minimum Gasteiger partial charge on any atom is -0.367 e. The summed E-state index contributed by atoms with van der Waals surface area (Å²) < 4.78 is 12.3. The van der Waals surface area contributed by atoms with Gasteiger partial charge in [-0.25, -0.2) is 9.31 Å². The highest BCUT2D eigenvalue weighted by Gasteiger charge is 2.26. The Hall–Kier alpha value is -3.56. The minimum atomic E-state index is -0.676. The molecule has 1 saturated heterocycles. The third kappa shape index (κ3) is 4.50. The molecular weight excluding hydrogens is 420 g/mol. The standard InChI is InChI=1S/C24H26N6O3/c1-32-23(17-6-3-2-4-7-17)24(31)26-21-10-13-25-30(21)19-11-14-29(15-12-19)16-18-8-5-9-20-22(18)28-33-27-20/h2-10,13,19,23H,11-12,14-16H2,1H3,(H,26,31)/t23-/m0/s1. The maximum Gasteiger partial charge on any atom is 0.259 e. The van der Waals surface area contributed by atoms with Crippen LogP contribution >= 0.6 is 0 Å². The van der Waals surface area contributed by atoms with Crippen molar-refractivity contribution in [1.29, 1.82) is 0 Å². The van der Waals surface area contributed by atoms with Crippen molar-refractivity contribution < 1.29 is 14.2 Å². The Bertz CT molecular complexity index is 1210. The lowest BCUT2D eigenvalue weighted by atomic mass is 10.0. The van der Waals surface area contributed by atoms with Gasteiger partial charge in [-0.15, -0.1) is 0 Å². The average molecular weight is 447 g/mol. The van der Waals surface area contributed by atoms with Gasteiger partial charge in [0.05, 0.1) is 12.2 Å². The van der Waals surface area contributed by atoms with E-state index in [1.807, 2.05) is 53.2 Å². The maximum atomic E-state index is 12.9. The second-order valence-electron chi connectivity index (χ2n) is 8.23. The second-order valence-corrected chi connectivity index (χ2v) is 8.23. The molecule has 2 aromatic heterocycles. The molecule has 1 atom stereocenters. The van der Waals surface area contributed by atoms with Crippen LogP contribution in [0.25, 0.3) is 11.0 Å². The molecule has 5 rings (SSSR count). The van der Waals surface area contributed by atoms with Gasteiger partial charge in [-0.05, 0) is 40.3 Å². The lowest BCUT2D eigenvalue weighted by Crippen LogP contribution is -2.35. The molecule has 170 valence electrons. The van der Waals surface area contributed by atoms with E-state index in [2.05, 4.69) is 31.7 Å². The number of fused-ring (bicyclic) bond motifs is 1. The first-order chi connectivity index (χ1) is 16.2. The van der Waals surface area contributed by atoms with Crippen molar-refractivity contribution in [2.45, 2.75) is 31.5 Å². The van der Waals surface area contributed by atoms with Crippen molar-refractivity contribution in [2.75, 3.05) is 25.5 Å². The summed E-state index contributed by atoms with van der Waals surface area (Å²) in [5, 5.41) is 15.5. The Balaban J connectivity index is 1.22. The number of carbonyl (C=O) groups excluding carboxylic acids is 1. The smallest absolute Gasteiger partial charge is 0.259 e. The van der Waals surface area contributed by atoms with E-state index in [9.17, 15) is 4.79 Å². The fourth-order valence-corrected chi connectivity index (χ4v) is 4.47. The van der Waals surface area contributed by atoms with E-state index in [1.54, 1.807) is 13.3 Å². The molecule has 9 nitrogen and oxygen atoms in total. The van der Waals surface area contributed by atoms with E-state index in [0.29, 0.717) is 5.82 Å². The van der Waals surface area contributed by atoms with Gasteiger partial charge in [0.15, 0.2) is 6.10 Å². The lowest BCUT2D eigenvalue weighted by molar-refractivity contribution is -0.126. The molecule has 3 heterocycles. The van der Waals surface area contributed by atoms with Crippen molar-refractivity contribution in [2.24, 2.45) is 0 Å². The third-order valence-electron chi connectivity index (χ3n) is 6.16. The molecule has 1 amide bonds. The van der Waals surface area contributed by atoms with Gasteiger partial charge in [0, 0.05) is 32.8 Å². The molecule has 4 aromatic rings. The van der Waals surface area contributed by atoms with Crippen LogP contribution in [0.15, 0.2) is 65.4 Å². The molecule has 0 radical (unpaired) electrons. The number of amides is 1. The summed E-state index contributed by atoms with van der Waals surface area (Å²) in [5.74, 6) is 0.479. The Morgan fingerprint density at radius 2 is 1.94 bits per heavy atom. The van der Waals surface area contributed by atoms with Crippen LogP contribution < -0.4 is 5.32 Å². The van der Waals surface area contributed by atoms with Crippen LogP contribution in [0.5, 0.6) is 0 Å². The Labute approximate surface area is 191 Å². The normalized spacial score (nSPS) is 16.2. The van der Waals surface area contributed by atoms with Crippen LogP contribution in [0.1, 0.15) is 36.1 Å². The summed E-state index contributed by atoms with van der Waals surface area (Å²) in [6.45, 7) is 2.64. The first kappa shape index (κ1) is 21.3. The molecule has 0 spiro atoms. The minimum absolute atomic E-state index is 0.211. The van der Waals surface area contributed by atoms with Gasteiger partial charge in [0.2, 0.25) is 0 Å². The zero-order chi connectivity index (χ0) is 22.6. The van der Waals surface area contributed by atoms with Crippen LogP contribution in [0.4, 0.5) is 5.82 Å². The summed E-state index contributed by atoms with van der Waals surface area (Å²) in [7, 11) is 1.54. The van der Waals surface area contributed by atoms with Gasteiger partial charge in [-0.1, -0.05) is 42.5 Å². The number of hydrogen-bond donors (Lipinski definition) is 1. The van der Waals surface area contributed by atoms with E-state index in [4.69, 9.17) is 9.37 Å². The number of hydrogen-bond acceptors (Lipinski definition) is 7. The highest BCUT2D eigenvalue weighted by Crippen LogP contribution is 2.28. The van der Waals surface area contributed by atoms with E-state index in [1.165, 1.54) is 0 Å². The van der Waals surface area contributed by atoms with Gasteiger partial charge in [-0.2, -0.15) is 5.10 Å². The third-order valence-corrected chi connectivity index (χ3v) is 6.16. The summed E-state index contributed by atoms with van der Waals surface area (Å²) >= 11 is 0. The van der Waals surface area contributed by atoms with Crippen LogP contribution in [0.3, 0.4) is 0 Å². The molecule has 0 unspecified atom stereocenters. The van der Waals surface area contributed by atoms with Crippen molar-refractivity contribution in [3.63, 3.8) is 0 Å². The van der Waals surface area contributed by atoms with Crippen molar-refractivity contribution >= 4 is 22.8 Å². The fourth-order valence-electron chi connectivity index (χ4n) is 4.47. The maximum absolute atomic E-state index is 12.9. The van der Waals surface area contributed by atoms with Crippen LogP contribution in [0, 0.1) is 0 Å². The van der Waals surface area contributed by atoms with Crippen LogP contribution in [-0.2, 0) is 16.1 Å². The first-order valence-corrected chi connectivity index (χ1v) is 11.1. The quantitative estimate of drug-likeness (QED) is 0.463. The SMILES string of the molecule is CO[C@H](C(=O)Nc1ccnn1C1CCN(Cc2cccc3nonc23)CC1)c1ccccc1. The second kappa shape index (κ2) is 9.51. The van der Waals surface area contributed by atoms with Gasteiger partial charge < -0.3 is 10.1 Å². The zero-order valence-electron chi connectivity index (χ0n) is 18.4. The molecule has 9 heteroatoms. The summed E-state index contributed by atoms with van der Waals surface area (Å²) in [6.07, 6.45) is 2.92. The number of benzene rings is 2. The Kier molecular flexibility index (Phi) is 6.14. The van der Waals surface area contributed by atoms with E-state index in [0.717, 1.165) is 54.6 Å². The molecule has 1 aliphatic heterocycles. The lowest BCUT2D eigenvalue weighted by Gasteiger charge is -2.32. The highest BCUT2D eigenvalue weighted by atomic mass is 16.6. The van der Waals surface area contributed by atoms with E-state index in [-0.39, 0.29) is 11.9 Å². The molecule has 0 saturated carbocycles. The van der Waals surface area contributed by atoms with Crippen molar-refractivity contribution in [3.8, 4) is 0 Å². The molecule has 33 heavy (non-hydrogen) atoms. The Morgan fingerprint density at radius 3 is 2.73 bits per heavy atom. The molecule has 0 aliphatic carbocycles. The molecule has 1 aliphatic rings. The molecule has 0 bridgehead atoms. The number of nitrogens with zero attached hydrogens (tertiary/aromatic N) is 5. The molecule has 2 aromatic carbocycles. The number of nitrogens with one attached hydrogen (secondary N) is 1. The highest BCUT2D eigenvalue weighted by molar-refractivity contribution is 5.94. The van der Waals surface area contributed by atoms with E-state index < -0.39 is 6.10 Å². The molecular formula is C24H26N6O3. The van der Waals surface area contributed by atoms with Gasteiger partial charge in [-0.3, -0.25) is 9.69 Å². The van der Waals surface area contributed by atoms with Gasteiger partial charge in [0.1, 0.15) is 16.9 Å². The summed E-state index contributed by atoms with van der Waals surface area (Å²) in [4.78, 5) is 15.3. The number of aromatic nitrogens is 4. The van der Waals surface area contributed by atoms with Crippen molar-refractivity contribution in [3.05, 3.63) is 71.9 Å². The zero-order valence-corrected chi connectivity index (χ0v) is 18.4. The summed E-state index contributed by atoms with van der Waals surface area (Å²) in [5.41, 5.74) is 3.53. The number of methoxy groups -OCH3 is 1. The fraction of sp³-hybridized carbons (Fsp3) is 0.333. The number of rotatable bonds is 7. The van der Waals surface area contributed by atoms with Crippen LogP contribution in [-0.4, -0.2) is 51.1 Å². The van der Waals surface area contributed by atoms with Crippen molar-refractivity contribution in [1.82, 2.24) is 25.0 Å². The van der Waals surface area contributed by atoms with Gasteiger partial charge in [0.25, 0.3) is 5.91 Å². The number of ether oxygens (including phenoxy) is 1. The predicted octanol–water partition coefficient (Wildman–Crippen LogP) is 3.58. The largest absolute Gasteiger partial charge is 0.367 e. The molecule has 1 N–H and O–H groups in total. The Morgan fingerprint density at radius 1 is 1.12 bits per heavy atom. The number of likely N-dealkylation sites (tertiary alicyclic amines) is 1. The average Bonchev–Trinajstić information content (AvgIpc) is 3.51. The topological polar surface area (TPSA) is 98.3 Å². The van der Waals surface area contributed by atoms with Crippen LogP contribution in [0.2, 0.25) is 0 Å². The monoisotopic (exact) mass is 446 g/mol. The number of piperidine rings is 1. The number of carbonyl (C=O) groups is 1. The summed E-state index contributed by atoms with van der Waals surface area (Å²) in [6, 6.07) is 17.5.